The van der Waals surface area contributed by atoms with Crippen molar-refractivity contribution in [2.45, 2.75) is 11.8 Å². The maximum Gasteiger partial charge on any atom is 0.264 e. The molecule has 0 atom stereocenters. The molecule has 1 aromatic carbocycles. The summed E-state index contributed by atoms with van der Waals surface area (Å²) in [6, 6.07) is 7.96. The Morgan fingerprint density at radius 2 is 2.12 bits per heavy atom. The van der Waals surface area contributed by atoms with Crippen molar-refractivity contribution in [2.24, 2.45) is 7.05 Å². The Morgan fingerprint density at radius 1 is 1.38 bits per heavy atom. The first-order valence-corrected chi connectivity index (χ1v) is 6.83. The number of nitrogens with zero attached hydrogens (tertiary/aromatic N) is 1. The third-order valence-electron chi connectivity index (χ3n) is 2.46. The van der Waals surface area contributed by atoms with Gasteiger partial charge in [0.05, 0.1) is 10.4 Å². The second-order valence-corrected chi connectivity index (χ2v) is 5.73. The molecule has 1 aromatic heterocycles. The third kappa shape index (κ3) is 2.04. The van der Waals surface area contributed by atoms with Gasteiger partial charge in [0.15, 0.2) is 0 Å². The fourth-order valence-corrected chi connectivity index (χ4v) is 2.80. The number of aromatic nitrogens is 1. The Morgan fingerprint density at radius 3 is 2.81 bits per heavy atom. The van der Waals surface area contributed by atoms with Crippen LogP contribution in [0.5, 0.6) is 0 Å². The molecule has 1 heterocycles. The highest BCUT2D eigenvalue weighted by Gasteiger charge is 2.06. The topological polar surface area (TPSA) is 22.0 Å². The second-order valence-electron chi connectivity index (χ2n) is 3.51. The van der Waals surface area contributed by atoms with Crippen LogP contribution in [0.25, 0.3) is 10.9 Å². The van der Waals surface area contributed by atoms with Crippen molar-refractivity contribution >= 4 is 38.6 Å². The summed E-state index contributed by atoms with van der Waals surface area (Å²) < 4.78 is 2.70. The average Bonchev–Trinajstić information content (AvgIpc) is 2.27. The zero-order valence-electron chi connectivity index (χ0n) is 9.16. The van der Waals surface area contributed by atoms with Crippen molar-refractivity contribution in [3.05, 3.63) is 39.1 Å². The van der Waals surface area contributed by atoms with E-state index in [1.807, 2.05) is 31.3 Å². The molecule has 0 N–H and O–H groups in total. The van der Waals surface area contributed by atoms with Gasteiger partial charge in [0.2, 0.25) is 0 Å². The Kier molecular flexibility index (Phi) is 3.40. The van der Waals surface area contributed by atoms with Crippen LogP contribution in [0, 0.1) is 0 Å². The van der Waals surface area contributed by atoms with Crippen LogP contribution in [0.1, 0.15) is 6.92 Å². The van der Waals surface area contributed by atoms with Gasteiger partial charge in [-0.25, -0.2) is 0 Å². The van der Waals surface area contributed by atoms with Crippen molar-refractivity contribution in [3.63, 3.8) is 0 Å². The molecule has 0 spiro atoms. The van der Waals surface area contributed by atoms with Crippen LogP contribution in [0.4, 0.5) is 0 Å². The Labute approximate surface area is 107 Å². The Balaban J connectivity index is 2.78. The average molecular weight is 298 g/mol. The quantitative estimate of drug-likeness (QED) is 0.793. The third-order valence-corrected chi connectivity index (χ3v) is 3.84. The molecule has 0 saturated carbocycles. The molecule has 0 saturated heterocycles. The maximum absolute atomic E-state index is 12.0. The molecular formula is C12H12BrNOS. The van der Waals surface area contributed by atoms with Crippen LogP contribution in [0.2, 0.25) is 0 Å². The lowest BCUT2D eigenvalue weighted by atomic mass is 10.2. The minimum Gasteiger partial charge on any atom is -0.310 e. The highest BCUT2D eigenvalue weighted by molar-refractivity contribution is 9.10. The largest absolute Gasteiger partial charge is 0.310 e. The summed E-state index contributed by atoms with van der Waals surface area (Å²) in [6.45, 7) is 2.05. The number of hydrogen-bond acceptors (Lipinski definition) is 2. The molecule has 0 aliphatic rings. The van der Waals surface area contributed by atoms with Gasteiger partial charge < -0.3 is 4.57 Å². The number of rotatable bonds is 2. The molecule has 2 aromatic rings. The molecule has 2 rings (SSSR count). The highest BCUT2D eigenvalue weighted by Crippen LogP contribution is 2.22. The van der Waals surface area contributed by atoms with Gasteiger partial charge in [-0.1, -0.05) is 28.9 Å². The maximum atomic E-state index is 12.0. The van der Waals surface area contributed by atoms with Crippen LogP contribution in [-0.4, -0.2) is 10.3 Å². The predicted octanol–water partition coefficient (Wildman–Crippen LogP) is 3.41. The van der Waals surface area contributed by atoms with Gasteiger partial charge in [0.1, 0.15) is 0 Å². The minimum absolute atomic E-state index is 0.0810. The van der Waals surface area contributed by atoms with Gasteiger partial charge in [-0.15, -0.1) is 11.8 Å². The predicted molar refractivity (Wildman–Crippen MR) is 73.3 cm³/mol. The van der Waals surface area contributed by atoms with E-state index in [9.17, 15) is 4.79 Å². The summed E-state index contributed by atoms with van der Waals surface area (Å²) in [5.41, 5.74) is 1.04. The number of benzene rings is 1. The Bertz CT molecular complexity index is 591. The van der Waals surface area contributed by atoms with Gasteiger partial charge in [-0.3, -0.25) is 4.79 Å². The molecule has 4 heteroatoms. The van der Waals surface area contributed by atoms with Crippen molar-refractivity contribution in [1.29, 1.82) is 0 Å². The summed E-state index contributed by atoms with van der Waals surface area (Å²) in [6.07, 6.45) is 0. The number of pyridine rings is 1. The van der Waals surface area contributed by atoms with Crippen molar-refractivity contribution in [3.8, 4) is 0 Å². The van der Waals surface area contributed by atoms with Crippen molar-refractivity contribution in [2.75, 3.05) is 5.75 Å². The zero-order chi connectivity index (χ0) is 11.7. The zero-order valence-corrected chi connectivity index (χ0v) is 11.6. The van der Waals surface area contributed by atoms with Gasteiger partial charge >= 0.3 is 0 Å². The van der Waals surface area contributed by atoms with Gasteiger partial charge in [0, 0.05) is 11.5 Å². The van der Waals surface area contributed by atoms with Gasteiger partial charge in [-0.2, -0.15) is 0 Å². The fraction of sp³-hybridized carbons (Fsp3) is 0.250. The number of thioether (sulfide) groups is 1. The van der Waals surface area contributed by atoms with Crippen LogP contribution < -0.4 is 5.56 Å². The highest BCUT2D eigenvalue weighted by atomic mass is 79.9. The summed E-state index contributed by atoms with van der Waals surface area (Å²) in [4.78, 5) is 12.8. The molecular weight excluding hydrogens is 286 g/mol. The second kappa shape index (κ2) is 4.63. The molecule has 16 heavy (non-hydrogen) atoms. The fourth-order valence-electron chi connectivity index (χ4n) is 1.67. The van der Waals surface area contributed by atoms with Crippen LogP contribution in [0.15, 0.2) is 38.4 Å². The number of fused-ring (bicyclic) bond motifs is 1. The molecule has 0 aliphatic heterocycles. The molecule has 0 amide bonds. The molecule has 0 unspecified atom stereocenters. The lowest BCUT2D eigenvalue weighted by Crippen LogP contribution is -2.18. The summed E-state index contributed by atoms with van der Waals surface area (Å²) in [7, 11) is 1.82. The first-order chi connectivity index (χ1) is 7.63. The van der Waals surface area contributed by atoms with E-state index in [0.717, 1.165) is 26.0 Å². The number of halogens is 1. The monoisotopic (exact) mass is 297 g/mol. The molecule has 0 aliphatic carbocycles. The summed E-state index contributed by atoms with van der Waals surface area (Å²) in [5, 5.41) is 1.10. The van der Waals surface area contributed by atoms with Crippen LogP contribution in [0.3, 0.4) is 0 Å². The summed E-state index contributed by atoms with van der Waals surface area (Å²) >= 11 is 5.01. The standard InChI is InChI=1S/C12H12BrNOS/c1-3-16-11-6-8-4-5-9(13)7-10(8)14(2)12(11)15/h4-7H,3H2,1-2H3. The molecule has 2 nitrogen and oxygen atoms in total. The first kappa shape index (κ1) is 11.7. The minimum atomic E-state index is 0.0810. The SMILES string of the molecule is CCSc1cc2ccc(Br)cc2n(C)c1=O. The Hall–Kier alpha value is -0.740. The first-order valence-electron chi connectivity index (χ1n) is 5.05. The lowest BCUT2D eigenvalue weighted by Gasteiger charge is -2.08. The van der Waals surface area contributed by atoms with E-state index < -0.39 is 0 Å². The molecule has 84 valence electrons. The van der Waals surface area contributed by atoms with E-state index in [2.05, 4.69) is 22.9 Å². The van der Waals surface area contributed by atoms with E-state index in [4.69, 9.17) is 0 Å². The van der Waals surface area contributed by atoms with Gasteiger partial charge in [0.25, 0.3) is 5.56 Å². The smallest absolute Gasteiger partial charge is 0.264 e. The normalized spacial score (nSPS) is 10.9. The van der Waals surface area contributed by atoms with E-state index in [1.54, 1.807) is 16.3 Å². The summed E-state index contributed by atoms with van der Waals surface area (Å²) in [5.74, 6) is 0.914. The van der Waals surface area contributed by atoms with E-state index in [0.29, 0.717) is 0 Å². The van der Waals surface area contributed by atoms with E-state index in [1.165, 1.54) is 0 Å². The van der Waals surface area contributed by atoms with Crippen molar-refractivity contribution in [1.82, 2.24) is 4.57 Å². The van der Waals surface area contributed by atoms with Crippen LogP contribution >= 0.6 is 27.7 Å². The molecule has 0 bridgehead atoms. The van der Waals surface area contributed by atoms with Crippen LogP contribution in [-0.2, 0) is 7.05 Å². The van der Waals surface area contributed by atoms with E-state index >= 15 is 0 Å². The molecule has 0 radical (unpaired) electrons. The number of aryl methyl sites for hydroxylation is 1. The number of hydrogen-bond donors (Lipinski definition) is 0. The molecule has 0 fully saturated rings. The lowest BCUT2D eigenvalue weighted by molar-refractivity contribution is 0.876. The van der Waals surface area contributed by atoms with E-state index in [-0.39, 0.29) is 5.56 Å². The van der Waals surface area contributed by atoms with Crippen molar-refractivity contribution < 1.29 is 0 Å². The van der Waals surface area contributed by atoms with Gasteiger partial charge in [-0.05, 0) is 29.3 Å².